The van der Waals surface area contributed by atoms with Crippen molar-refractivity contribution >= 4 is 17.3 Å². The molecule has 1 spiro atoms. The molecular weight excluding hydrogens is 284 g/mol. The van der Waals surface area contributed by atoms with Gasteiger partial charge in [-0.2, -0.15) is 0 Å². The van der Waals surface area contributed by atoms with Gasteiger partial charge in [0.15, 0.2) is 0 Å². The van der Waals surface area contributed by atoms with Crippen molar-refractivity contribution in [2.45, 2.75) is 51.0 Å². The molecule has 0 aromatic carbocycles. The second-order valence-electron chi connectivity index (χ2n) is 7.16. The molecule has 4 rings (SSSR count). The average Bonchev–Trinajstić information content (AvgIpc) is 3.18. The maximum atomic E-state index is 11.0. The summed E-state index contributed by atoms with van der Waals surface area (Å²) in [5.74, 6) is 0.0933. The van der Waals surface area contributed by atoms with E-state index in [-0.39, 0.29) is 5.92 Å². The number of aromatic nitrogens is 1. The Balaban J connectivity index is 1.28. The van der Waals surface area contributed by atoms with Crippen LogP contribution in [-0.2, 0) is 11.3 Å². The zero-order valence-electron chi connectivity index (χ0n) is 12.3. The number of carbonyl (C=O) groups is 1. The highest BCUT2D eigenvalue weighted by molar-refractivity contribution is 7.11. The molecule has 1 aliphatic heterocycles. The number of carboxylic acids is 1. The lowest BCUT2D eigenvalue weighted by Crippen LogP contribution is -2.48. The summed E-state index contributed by atoms with van der Waals surface area (Å²) in [7, 11) is 0. The van der Waals surface area contributed by atoms with Gasteiger partial charge in [0, 0.05) is 23.5 Å². The number of thiazole rings is 1. The minimum atomic E-state index is -0.597. The molecule has 1 aromatic rings. The van der Waals surface area contributed by atoms with Gasteiger partial charge in [-0.15, -0.1) is 11.3 Å². The number of aliphatic carboxylic acids is 1. The SMILES string of the molecule is O=C(O)C1CC2(CCN(Cc3cnc(C4CC4)s3)CC2)C1. The quantitative estimate of drug-likeness (QED) is 0.928. The Morgan fingerprint density at radius 3 is 2.71 bits per heavy atom. The Morgan fingerprint density at radius 1 is 1.38 bits per heavy atom. The molecule has 0 atom stereocenters. The first kappa shape index (κ1) is 13.7. The third kappa shape index (κ3) is 2.73. The first-order valence-corrected chi connectivity index (χ1v) is 8.85. The van der Waals surface area contributed by atoms with Crippen LogP contribution in [0.5, 0.6) is 0 Å². The van der Waals surface area contributed by atoms with Crippen LogP contribution in [0.25, 0.3) is 0 Å². The van der Waals surface area contributed by atoms with E-state index >= 15 is 0 Å². The van der Waals surface area contributed by atoms with E-state index in [9.17, 15) is 4.79 Å². The zero-order valence-corrected chi connectivity index (χ0v) is 13.1. The third-order valence-electron chi connectivity index (χ3n) is 5.50. The van der Waals surface area contributed by atoms with Crippen molar-refractivity contribution in [2.24, 2.45) is 11.3 Å². The van der Waals surface area contributed by atoms with Crippen LogP contribution in [0.15, 0.2) is 6.20 Å². The van der Waals surface area contributed by atoms with Gasteiger partial charge in [0.05, 0.1) is 10.9 Å². The third-order valence-corrected chi connectivity index (χ3v) is 6.65. The molecule has 2 saturated carbocycles. The largest absolute Gasteiger partial charge is 0.481 e. The van der Waals surface area contributed by atoms with Crippen LogP contribution in [0, 0.1) is 11.3 Å². The Hall–Kier alpha value is -0.940. The van der Waals surface area contributed by atoms with E-state index < -0.39 is 5.97 Å². The monoisotopic (exact) mass is 306 g/mol. The average molecular weight is 306 g/mol. The maximum Gasteiger partial charge on any atom is 0.306 e. The van der Waals surface area contributed by atoms with Crippen molar-refractivity contribution in [1.29, 1.82) is 0 Å². The molecule has 0 bridgehead atoms. The Morgan fingerprint density at radius 2 is 2.10 bits per heavy atom. The van der Waals surface area contributed by atoms with Crippen molar-refractivity contribution in [3.05, 3.63) is 16.1 Å². The van der Waals surface area contributed by atoms with Crippen molar-refractivity contribution in [1.82, 2.24) is 9.88 Å². The van der Waals surface area contributed by atoms with Gasteiger partial charge in [0.25, 0.3) is 0 Å². The van der Waals surface area contributed by atoms with E-state index in [1.54, 1.807) is 0 Å². The first-order chi connectivity index (χ1) is 10.1. The molecule has 1 aromatic heterocycles. The van der Waals surface area contributed by atoms with E-state index in [0.717, 1.165) is 38.4 Å². The minimum absolute atomic E-state index is 0.0702. The summed E-state index contributed by atoms with van der Waals surface area (Å²) < 4.78 is 0. The molecule has 0 radical (unpaired) electrons. The van der Waals surface area contributed by atoms with Gasteiger partial charge < -0.3 is 5.11 Å². The molecule has 2 heterocycles. The molecule has 21 heavy (non-hydrogen) atoms. The predicted molar refractivity (Wildman–Crippen MR) is 81.4 cm³/mol. The Labute approximate surface area is 129 Å². The molecule has 4 nitrogen and oxygen atoms in total. The van der Waals surface area contributed by atoms with Crippen LogP contribution in [0.1, 0.15) is 54.3 Å². The lowest BCUT2D eigenvalue weighted by Gasteiger charge is -2.50. The number of hydrogen-bond donors (Lipinski definition) is 1. The summed E-state index contributed by atoms with van der Waals surface area (Å²) in [6.45, 7) is 3.26. The Kier molecular flexibility index (Phi) is 3.30. The van der Waals surface area contributed by atoms with Crippen LogP contribution in [-0.4, -0.2) is 34.0 Å². The molecule has 5 heteroatoms. The van der Waals surface area contributed by atoms with Gasteiger partial charge in [-0.25, -0.2) is 4.98 Å². The molecule has 0 unspecified atom stereocenters. The zero-order chi connectivity index (χ0) is 14.4. The molecule has 114 valence electrons. The van der Waals surface area contributed by atoms with Crippen molar-refractivity contribution in [3.63, 3.8) is 0 Å². The molecule has 1 N–H and O–H groups in total. The summed E-state index contributed by atoms with van der Waals surface area (Å²) in [6.07, 6.45) is 8.86. The summed E-state index contributed by atoms with van der Waals surface area (Å²) in [5.41, 5.74) is 0.354. The fourth-order valence-corrected chi connectivity index (χ4v) is 5.02. The van der Waals surface area contributed by atoms with Crippen LogP contribution < -0.4 is 0 Å². The highest BCUT2D eigenvalue weighted by Gasteiger charge is 2.48. The molecule has 2 aliphatic carbocycles. The second-order valence-corrected chi connectivity index (χ2v) is 8.31. The van der Waals surface area contributed by atoms with Gasteiger partial charge in [-0.3, -0.25) is 9.69 Å². The lowest BCUT2D eigenvalue weighted by atomic mass is 9.57. The van der Waals surface area contributed by atoms with E-state index in [1.165, 1.54) is 35.6 Å². The smallest absolute Gasteiger partial charge is 0.306 e. The summed E-state index contributed by atoms with van der Waals surface area (Å²) in [4.78, 5) is 19.4. The fourth-order valence-electron chi connectivity index (χ4n) is 3.89. The van der Waals surface area contributed by atoms with Gasteiger partial charge in [0.1, 0.15) is 0 Å². The highest BCUT2D eigenvalue weighted by Crippen LogP contribution is 2.52. The molecule has 3 aliphatic rings. The minimum Gasteiger partial charge on any atom is -0.481 e. The lowest BCUT2D eigenvalue weighted by molar-refractivity contribution is -0.152. The van der Waals surface area contributed by atoms with Crippen LogP contribution >= 0.6 is 11.3 Å². The van der Waals surface area contributed by atoms with E-state index in [1.807, 2.05) is 11.3 Å². The van der Waals surface area contributed by atoms with Crippen LogP contribution in [0.4, 0.5) is 0 Å². The van der Waals surface area contributed by atoms with Crippen molar-refractivity contribution in [3.8, 4) is 0 Å². The molecule has 0 amide bonds. The number of nitrogens with zero attached hydrogens (tertiary/aromatic N) is 2. The molecule has 1 saturated heterocycles. The van der Waals surface area contributed by atoms with Crippen molar-refractivity contribution in [2.75, 3.05) is 13.1 Å². The topological polar surface area (TPSA) is 53.4 Å². The van der Waals surface area contributed by atoms with Gasteiger partial charge in [-0.1, -0.05) is 0 Å². The van der Waals surface area contributed by atoms with E-state index in [4.69, 9.17) is 5.11 Å². The van der Waals surface area contributed by atoms with Gasteiger partial charge in [-0.05, 0) is 57.0 Å². The standard InChI is InChI=1S/C16H22N2O2S/c19-15(20)12-7-16(8-12)3-5-18(6-4-16)10-13-9-17-14(21-13)11-1-2-11/h9,11-12H,1-8,10H2,(H,19,20). The van der Waals surface area contributed by atoms with Crippen molar-refractivity contribution < 1.29 is 9.90 Å². The number of carboxylic acid groups (broad SMARTS) is 1. The summed E-state index contributed by atoms with van der Waals surface area (Å²) in [5, 5.41) is 10.4. The number of likely N-dealkylation sites (tertiary alicyclic amines) is 1. The van der Waals surface area contributed by atoms with E-state index in [2.05, 4.69) is 16.1 Å². The fraction of sp³-hybridized carbons (Fsp3) is 0.750. The van der Waals surface area contributed by atoms with Gasteiger partial charge >= 0.3 is 5.97 Å². The predicted octanol–water partition coefficient (Wildman–Crippen LogP) is 3.10. The Bertz CT molecular complexity index is 536. The van der Waals surface area contributed by atoms with Gasteiger partial charge in [0.2, 0.25) is 0 Å². The summed E-state index contributed by atoms with van der Waals surface area (Å²) >= 11 is 1.89. The maximum absolute atomic E-state index is 11.0. The normalized spacial score (nSPS) is 25.9. The molecule has 3 fully saturated rings. The second kappa shape index (κ2) is 5.06. The van der Waals surface area contributed by atoms with Crippen LogP contribution in [0.2, 0.25) is 0 Å². The number of piperidine rings is 1. The number of hydrogen-bond acceptors (Lipinski definition) is 4. The highest BCUT2D eigenvalue weighted by atomic mass is 32.1. The number of rotatable bonds is 4. The van der Waals surface area contributed by atoms with Crippen LogP contribution in [0.3, 0.4) is 0 Å². The summed E-state index contributed by atoms with van der Waals surface area (Å²) in [6, 6.07) is 0. The molecular formula is C16H22N2O2S. The first-order valence-electron chi connectivity index (χ1n) is 8.03. The van der Waals surface area contributed by atoms with E-state index in [0.29, 0.717) is 5.41 Å².